The zero-order valence-electron chi connectivity index (χ0n) is 14.2. The topological polar surface area (TPSA) is 30.0 Å². The van der Waals surface area contributed by atoms with Crippen molar-refractivity contribution in [2.45, 2.75) is 0 Å². The van der Waals surface area contributed by atoms with E-state index in [0.717, 1.165) is 16.5 Å². The lowest BCUT2D eigenvalue weighted by Crippen LogP contribution is -2.04. The number of hydrogen-bond donors (Lipinski definition) is 0. The van der Waals surface area contributed by atoms with Crippen molar-refractivity contribution in [2.24, 2.45) is 0 Å². The van der Waals surface area contributed by atoms with E-state index >= 15 is 0 Å². The molecule has 0 amide bonds. The molecule has 0 aliphatic rings. The highest BCUT2D eigenvalue weighted by molar-refractivity contribution is 6.32. The van der Waals surface area contributed by atoms with Gasteiger partial charge in [-0.2, -0.15) is 0 Å². The second-order valence-electron chi connectivity index (χ2n) is 6.05. The molecule has 26 heavy (non-hydrogen) atoms. The first kappa shape index (κ1) is 16.0. The summed E-state index contributed by atoms with van der Waals surface area (Å²) in [4.78, 5) is 17.9. The largest absolute Gasteiger partial charge is 0.289 e. The zero-order chi connectivity index (χ0) is 17.8. The molecule has 0 spiro atoms. The molecule has 124 valence electrons. The molecule has 0 N–H and O–H groups in total. The molecule has 0 radical (unpaired) electrons. The molecule has 0 atom stereocenters. The molecular formula is C24H17NO. The van der Waals surface area contributed by atoms with Crippen molar-refractivity contribution in [3.05, 3.63) is 114 Å². The fourth-order valence-corrected chi connectivity index (χ4v) is 2.93. The smallest absolute Gasteiger partial charge is 0.195 e. The number of ketones is 1. The molecule has 0 aliphatic carbocycles. The van der Waals surface area contributed by atoms with E-state index < -0.39 is 0 Å². The molecule has 4 aromatic rings. The molecule has 0 fully saturated rings. The van der Waals surface area contributed by atoms with Crippen LogP contribution in [0, 0.1) is 0 Å². The summed E-state index contributed by atoms with van der Waals surface area (Å²) < 4.78 is 0. The summed E-state index contributed by atoms with van der Waals surface area (Å²) in [5.41, 5.74) is 3.78. The molecule has 1 aromatic heterocycles. The van der Waals surface area contributed by atoms with Crippen LogP contribution in [0.25, 0.3) is 22.6 Å². The number of fused-ring (bicyclic) bond motifs is 1. The van der Waals surface area contributed by atoms with Gasteiger partial charge in [0.1, 0.15) is 0 Å². The Hall–Kier alpha value is -3.52. The highest BCUT2D eigenvalue weighted by atomic mass is 16.1. The Morgan fingerprint density at radius 1 is 0.692 bits per heavy atom. The highest BCUT2D eigenvalue weighted by Gasteiger charge is 2.16. The Balaban J connectivity index is 1.87. The van der Waals surface area contributed by atoms with Gasteiger partial charge in [-0.15, -0.1) is 0 Å². The van der Waals surface area contributed by atoms with Gasteiger partial charge in [-0.25, -0.2) is 4.98 Å². The van der Waals surface area contributed by atoms with Crippen molar-refractivity contribution in [1.29, 1.82) is 0 Å². The number of allylic oxidation sites excluding steroid dienone is 1. The molecule has 0 unspecified atom stereocenters. The lowest BCUT2D eigenvalue weighted by Gasteiger charge is -2.08. The molecule has 3 aromatic carbocycles. The maximum Gasteiger partial charge on any atom is 0.195 e. The lowest BCUT2D eigenvalue weighted by atomic mass is 9.97. The maximum absolute atomic E-state index is 13.2. The number of hydrogen-bond acceptors (Lipinski definition) is 2. The molecular weight excluding hydrogens is 318 g/mol. The van der Waals surface area contributed by atoms with Crippen LogP contribution in [0.5, 0.6) is 0 Å². The van der Waals surface area contributed by atoms with Crippen LogP contribution in [0.2, 0.25) is 0 Å². The molecule has 0 aliphatic heterocycles. The van der Waals surface area contributed by atoms with Crippen LogP contribution in [0.1, 0.15) is 21.6 Å². The predicted molar refractivity (Wildman–Crippen MR) is 107 cm³/mol. The Kier molecular flexibility index (Phi) is 4.40. The first-order valence-corrected chi connectivity index (χ1v) is 8.54. The maximum atomic E-state index is 13.2. The molecule has 4 rings (SSSR count). The number of Topliss-reactive ketones (excluding diaryl/α,β-unsaturated/α-hetero) is 1. The number of nitrogens with zero attached hydrogens (tertiary/aromatic N) is 1. The predicted octanol–water partition coefficient (Wildman–Crippen LogP) is 5.66. The van der Waals surface area contributed by atoms with Gasteiger partial charge < -0.3 is 0 Å². The molecule has 2 heteroatoms. The van der Waals surface area contributed by atoms with Crippen LogP contribution in [0.4, 0.5) is 0 Å². The van der Waals surface area contributed by atoms with Crippen LogP contribution in [-0.2, 0) is 0 Å². The fraction of sp³-hybridized carbons (Fsp3) is 0. The highest BCUT2D eigenvalue weighted by Crippen LogP contribution is 2.24. The number of rotatable bonds is 4. The third-order valence-electron chi connectivity index (χ3n) is 4.27. The van der Waals surface area contributed by atoms with Gasteiger partial charge in [0, 0.05) is 16.5 Å². The van der Waals surface area contributed by atoms with Crippen molar-refractivity contribution in [3.63, 3.8) is 0 Å². The molecule has 2 nitrogen and oxygen atoms in total. The SMILES string of the molecule is O=C(C(=Cc1ccccc1)c1ccc2ccccc2n1)c1ccccc1. The van der Waals surface area contributed by atoms with Crippen LogP contribution in [-0.4, -0.2) is 10.8 Å². The number of carbonyl (C=O) groups is 1. The molecule has 0 saturated carbocycles. The average molecular weight is 335 g/mol. The zero-order valence-corrected chi connectivity index (χ0v) is 14.2. The third kappa shape index (κ3) is 3.31. The standard InChI is InChI=1S/C24H17NO/c26-24(20-12-5-2-6-13-20)21(17-18-9-3-1-4-10-18)23-16-15-19-11-7-8-14-22(19)25-23/h1-17H. The second-order valence-corrected chi connectivity index (χ2v) is 6.05. The number of aromatic nitrogens is 1. The number of pyridine rings is 1. The van der Waals surface area contributed by atoms with Gasteiger partial charge >= 0.3 is 0 Å². The van der Waals surface area contributed by atoms with E-state index in [9.17, 15) is 4.79 Å². The summed E-state index contributed by atoms with van der Waals surface area (Å²) in [6.45, 7) is 0. The fourth-order valence-electron chi connectivity index (χ4n) is 2.93. The van der Waals surface area contributed by atoms with Crippen LogP contribution in [0.3, 0.4) is 0 Å². The van der Waals surface area contributed by atoms with Gasteiger partial charge in [0.2, 0.25) is 0 Å². The van der Waals surface area contributed by atoms with Gasteiger partial charge in [-0.3, -0.25) is 4.79 Å². The van der Waals surface area contributed by atoms with Gasteiger partial charge in [0.25, 0.3) is 0 Å². The second kappa shape index (κ2) is 7.16. The summed E-state index contributed by atoms with van der Waals surface area (Å²) in [5, 5.41) is 1.06. The molecule has 0 bridgehead atoms. The van der Waals surface area contributed by atoms with Gasteiger partial charge in [-0.05, 0) is 23.8 Å². The van der Waals surface area contributed by atoms with E-state index in [1.165, 1.54) is 0 Å². The number of para-hydroxylation sites is 1. The molecule has 1 heterocycles. The van der Waals surface area contributed by atoms with Gasteiger partial charge in [-0.1, -0.05) is 84.9 Å². The summed E-state index contributed by atoms with van der Waals surface area (Å²) in [6, 6.07) is 31.0. The van der Waals surface area contributed by atoms with Crippen LogP contribution in [0.15, 0.2) is 97.1 Å². The van der Waals surface area contributed by atoms with Crippen molar-refractivity contribution in [1.82, 2.24) is 4.98 Å². The quantitative estimate of drug-likeness (QED) is 0.356. The van der Waals surface area contributed by atoms with Gasteiger partial charge in [0.15, 0.2) is 5.78 Å². The van der Waals surface area contributed by atoms with Crippen molar-refractivity contribution in [3.8, 4) is 0 Å². The summed E-state index contributed by atoms with van der Waals surface area (Å²) in [7, 11) is 0. The monoisotopic (exact) mass is 335 g/mol. The Morgan fingerprint density at radius 2 is 1.35 bits per heavy atom. The Labute approximate surface area is 152 Å². The van der Waals surface area contributed by atoms with E-state index in [4.69, 9.17) is 4.98 Å². The first-order valence-electron chi connectivity index (χ1n) is 8.54. The van der Waals surface area contributed by atoms with E-state index in [1.807, 2.05) is 103 Å². The van der Waals surface area contributed by atoms with E-state index in [-0.39, 0.29) is 5.78 Å². The van der Waals surface area contributed by atoms with Crippen LogP contribution < -0.4 is 0 Å². The van der Waals surface area contributed by atoms with E-state index in [0.29, 0.717) is 16.8 Å². The minimum Gasteiger partial charge on any atom is -0.289 e. The minimum absolute atomic E-state index is 0.0303. The summed E-state index contributed by atoms with van der Waals surface area (Å²) in [6.07, 6.45) is 1.91. The first-order chi connectivity index (χ1) is 12.8. The summed E-state index contributed by atoms with van der Waals surface area (Å²) in [5.74, 6) is -0.0303. The van der Waals surface area contributed by atoms with Crippen LogP contribution >= 0.6 is 0 Å². The van der Waals surface area contributed by atoms with Crippen molar-refractivity contribution in [2.75, 3.05) is 0 Å². The Bertz CT molecular complexity index is 1080. The lowest BCUT2D eigenvalue weighted by molar-refractivity contribution is 0.105. The number of carbonyl (C=O) groups excluding carboxylic acids is 1. The van der Waals surface area contributed by atoms with Crippen molar-refractivity contribution < 1.29 is 4.79 Å². The van der Waals surface area contributed by atoms with Crippen molar-refractivity contribution >= 4 is 28.3 Å². The normalized spacial score (nSPS) is 11.5. The third-order valence-corrected chi connectivity index (χ3v) is 4.27. The minimum atomic E-state index is -0.0303. The summed E-state index contributed by atoms with van der Waals surface area (Å²) >= 11 is 0. The average Bonchev–Trinajstić information content (AvgIpc) is 2.72. The van der Waals surface area contributed by atoms with E-state index in [1.54, 1.807) is 0 Å². The number of benzene rings is 3. The Morgan fingerprint density at radius 3 is 2.12 bits per heavy atom. The van der Waals surface area contributed by atoms with E-state index in [2.05, 4.69) is 0 Å². The molecule has 0 saturated heterocycles. The van der Waals surface area contributed by atoms with Gasteiger partial charge in [0.05, 0.1) is 11.2 Å².